The van der Waals surface area contributed by atoms with Crippen molar-refractivity contribution in [2.45, 2.75) is 56.2 Å². The van der Waals surface area contributed by atoms with E-state index in [1.54, 1.807) is 0 Å². The van der Waals surface area contributed by atoms with Crippen molar-refractivity contribution >= 4 is 11.9 Å². The SMILES string of the molecule is C=CCOC(=O)C1CCC(N2C(=O)C[C@@H]3NCC(F)(F)[C@@H]32)CC1. The third-order valence-corrected chi connectivity index (χ3v) is 5.16. The fourth-order valence-electron chi connectivity index (χ4n) is 4.09. The average molecular weight is 328 g/mol. The Kier molecular flexibility index (Phi) is 4.40. The molecule has 2 atom stereocenters. The Morgan fingerprint density at radius 1 is 1.39 bits per heavy atom. The van der Waals surface area contributed by atoms with Gasteiger partial charge in [-0.05, 0) is 25.7 Å². The van der Waals surface area contributed by atoms with Crippen molar-refractivity contribution in [3.8, 4) is 0 Å². The summed E-state index contributed by atoms with van der Waals surface area (Å²) < 4.78 is 33.2. The molecule has 3 aliphatic rings. The maximum atomic E-state index is 14.1. The fourth-order valence-corrected chi connectivity index (χ4v) is 4.09. The van der Waals surface area contributed by atoms with Crippen molar-refractivity contribution in [3.63, 3.8) is 0 Å². The molecule has 1 amide bonds. The van der Waals surface area contributed by atoms with Gasteiger partial charge < -0.3 is 15.0 Å². The van der Waals surface area contributed by atoms with Crippen molar-refractivity contribution in [1.82, 2.24) is 10.2 Å². The number of nitrogens with zero attached hydrogens (tertiary/aromatic N) is 1. The molecule has 0 aromatic heterocycles. The molecule has 0 aromatic carbocycles. The molecule has 5 nitrogen and oxygen atoms in total. The zero-order valence-corrected chi connectivity index (χ0v) is 13.0. The number of alkyl halides is 2. The van der Waals surface area contributed by atoms with Crippen LogP contribution in [0.4, 0.5) is 8.78 Å². The van der Waals surface area contributed by atoms with Gasteiger partial charge in [-0.1, -0.05) is 12.7 Å². The van der Waals surface area contributed by atoms with Gasteiger partial charge in [0.1, 0.15) is 12.6 Å². The Labute approximate surface area is 134 Å². The van der Waals surface area contributed by atoms with Gasteiger partial charge in [-0.3, -0.25) is 9.59 Å². The molecule has 3 rings (SSSR count). The van der Waals surface area contributed by atoms with Crippen LogP contribution in [-0.2, 0) is 14.3 Å². The molecule has 1 N–H and O–H groups in total. The molecule has 1 aliphatic carbocycles. The number of carbonyl (C=O) groups is 2. The lowest BCUT2D eigenvalue weighted by molar-refractivity contribution is -0.149. The zero-order valence-electron chi connectivity index (χ0n) is 13.0. The van der Waals surface area contributed by atoms with E-state index in [1.807, 2.05) is 0 Å². The van der Waals surface area contributed by atoms with Gasteiger partial charge in [0, 0.05) is 18.5 Å². The first-order chi connectivity index (χ1) is 10.9. The van der Waals surface area contributed by atoms with Crippen LogP contribution in [0.2, 0.25) is 0 Å². The van der Waals surface area contributed by atoms with Crippen LogP contribution in [0.15, 0.2) is 12.7 Å². The van der Waals surface area contributed by atoms with Crippen LogP contribution in [0.25, 0.3) is 0 Å². The van der Waals surface area contributed by atoms with E-state index in [0.717, 1.165) is 0 Å². The van der Waals surface area contributed by atoms with Crippen molar-refractivity contribution in [2.24, 2.45) is 5.92 Å². The van der Waals surface area contributed by atoms with Gasteiger partial charge in [0.05, 0.1) is 12.5 Å². The predicted octanol–water partition coefficient (Wildman–Crippen LogP) is 1.48. The summed E-state index contributed by atoms with van der Waals surface area (Å²) in [5.41, 5.74) is 0. The quantitative estimate of drug-likeness (QED) is 0.627. The molecule has 2 aliphatic heterocycles. The number of esters is 1. The maximum absolute atomic E-state index is 14.1. The standard InChI is InChI=1S/C16H22F2N2O3/c1-2-7-23-15(22)10-3-5-11(6-4-10)20-13(21)8-12-14(20)16(17,18)9-19-12/h2,10-12,14,19H,1,3-9H2/t10?,11?,12-,14+/m0/s1. The Morgan fingerprint density at radius 3 is 2.74 bits per heavy atom. The molecule has 0 radical (unpaired) electrons. The van der Waals surface area contributed by atoms with E-state index in [1.165, 1.54) is 11.0 Å². The molecule has 1 saturated carbocycles. The molecular formula is C16H22F2N2O3. The van der Waals surface area contributed by atoms with Gasteiger partial charge in [0.25, 0.3) is 5.92 Å². The second-order valence-corrected chi connectivity index (χ2v) is 6.62. The van der Waals surface area contributed by atoms with Gasteiger partial charge in [-0.2, -0.15) is 0 Å². The van der Waals surface area contributed by atoms with Crippen LogP contribution >= 0.6 is 0 Å². The third-order valence-electron chi connectivity index (χ3n) is 5.16. The first-order valence-electron chi connectivity index (χ1n) is 8.14. The van der Waals surface area contributed by atoms with E-state index >= 15 is 0 Å². The normalized spacial score (nSPS) is 35.9. The smallest absolute Gasteiger partial charge is 0.309 e. The van der Waals surface area contributed by atoms with Gasteiger partial charge in [0.15, 0.2) is 0 Å². The number of amides is 1. The molecule has 0 aromatic rings. The number of rotatable bonds is 4. The first kappa shape index (κ1) is 16.4. The van der Waals surface area contributed by atoms with E-state index in [-0.39, 0.29) is 43.4 Å². The third kappa shape index (κ3) is 2.98. The van der Waals surface area contributed by atoms with E-state index in [0.29, 0.717) is 25.7 Å². The van der Waals surface area contributed by atoms with E-state index < -0.39 is 18.0 Å². The second kappa shape index (κ2) is 6.19. The number of hydrogen-bond acceptors (Lipinski definition) is 4. The van der Waals surface area contributed by atoms with Crippen LogP contribution in [-0.4, -0.2) is 54.0 Å². The topological polar surface area (TPSA) is 58.6 Å². The highest BCUT2D eigenvalue weighted by molar-refractivity contribution is 5.81. The highest BCUT2D eigenvalue weighted by Gasteiger charge is 2.59. The number of halogens is 2. The molecule has 2 heterocycles. The van der Waals surface area contributed by atoms with Gasteiger partial charge in [0.2, 0.25) is 5.91 Å². The number of ether oxygens (including phenoxy) is 1. The Balaban J connectivity index is 1.62. The second-order valence-electron chi connectivity index (χ2n) is 6.62. The molecule has 3 fully saturated rings. The number of fused-ring (bicyclic) bond motifs is 1. The van der Waals surface area contributed by atoms with Crippen molar-refractivity contribution in [1.29, 1.82) is 0 Å². The van der Waals surface area contributed by atoms with Crippen molar-refractivity contribution in [3.05, 3.63) is 12.7 Å². The Morgan fingerprint density at radius 2 is 2.09 bits per heavy atom. The van der Waals surface area contributed by atoms with Gasteiger partial charge in [-0.25, -0.2) is 8.78 Å². The summed E-state index contributed by atoms with van der Waals surface area (Å²) in [7, 11) is 0. The van der Waals surface area contributed by atoms with Crippen LogP contribution < -0.4 is 5.32 Å². The molecule has 128 valence electrons. The minimum Gasteiger partial charge on any atom is -0.461 e. The maximum Gasteiger partial charge on any atom is 0.309 e. The van der Waals surface area contributed by atoms with E-state index in [9.17, 15) is 18.4 Å². The summed E-state index contributed by atoms with van der Waals surface area (Å²) in [6, 6.07) is -1.69. The summed E-state index contributed by atoms with van der Waals surface area (Å²) in [6.07, 6.45) is 3.93. The zero-order chi connectivity index (χ0) is 16.6. The van der Waals surface area contributed by atoms with Crippen molar-refractivity contribution in [2.75, 3.05) is 13.2 Å². The Bertz CT molecular complexity index is 504. The number of carbonyl (C=O) groups excluding carboxylic acids is 2. The lowest BCUT2D eigenvalue weighted by Crippen LogP contribution is -2.52. The first-order valence-corrected chi connectivity index (χ1v) is 8.14. The van der Waals surface area contributed by atoms with Crippen molar-refractivity contribution < 1.29 is 23.1 Å². The minimum absolute atomic E-state index is 0.140. The molecule has 7 heteroatoms. The molecule has 0 bridgehead atoms. The van der Waals surface area contributed by atoms with Crippen LogP contribution in [0, 0.1) is 5.92 Å². The summed E-state index contributed by atoms with van der Waals surface area (Å²) in [5.74, 6) is -3.55. The van der Waals surface area contributed by atoms with Crippen LogP contribution in [0.1, 0.15) is 32.1 Å². The predicted molar refractivity (Wildman–Crippen MR) is 78.9 cm³/mol. The molecular weight excluding hydrogens is 306 g/mol. The summed E-state index contributed by atoms with van der Waals surface area (Å²) in [4.78, 5) is 25.4. The molecule has 0 spiro atoms. The molecule has 2 saturated heterocycles. The lowest BCUT2D eigenvalue weighted by atomic mass is 9.85. The number of hydrogen-bond donors (Lipinski definition) is 1. The van der Waals surface area contributed by atoms with Crippen LogP contribution in [0.5, 0.6) is 0 Å². The van der Waals surface area contributed by atoms with Crippen LogP contribution in [0.3, 0.4) is 0 Å². The summed E-state index contributed by atoms with van der Waals surface area (Å²) in [5, 5.41) is 2.76. The summed E-state index contributed by atoms with van der Waals surface area (Å²) in [6.45, 7) is 3.32. The van der Waals surface area contributed by atoms with E-state index in [4.69, 9.17) is 4.74 Å². The Hall–Kier alpha value is -1.50. The van der Waals surface area contributed by atoms with Gasteiger partial charge in [-0.15, -0.1) is 0 Å². The lowest BCUT2D eigenvalue weighted by Gasteiger charge is -2.38. The number of likely N-dealkylation sites (tertiary alicyclic amines) is 1. The van der Waals surface area contributed by atoms with Gasteiger partial charge >= 0.3 is 5.97 Å². The van der Waals surface area contributed by atoms with E-state index in [2.05, 4.69) is 11.9 Å². The fraction of sp³-hybridized carbons (Fsp3) is 0.750. The minimum atomic E-state index is -2.88. The summed E-state index contributed by atoms with van der Waals surface area (Å²) >= 11 is 0. The average Bonchev–Trinajstić information content (AvgIpc) is 3.01. The largest absolute Gasteiger partial charge is 0.461 e. The monoisotopic (exact) mass is 328 g/mol. The highest BCUT2D eigenvalue weighted by Crippen LogP contribution is 2.41. The highest BCUT2D eigenvalue weighted by atomic mass is 19.3. The number of nitrogens with one attached hydrogen (secondary N) is 1. The molecule has 0 unspecified atom stereocenters. The molecule has 23 heavy (non-hydrogen) atoms.